The molecule has 96 valence electrons. The van der Waals surface area contributed by atoms with Gasteiger partial charge in [0, 0.05) is 0 Å². The lowest BCUT2D eigenvalue weighted by Crippen LogP contribution is -2.11. The zero-order valence-electron chi connectivity index (χ0n) is 9.83. The number of nitriles is 1. The third kappa shape index (κ3) is 3.00. The van der Waals surface area contributed by atoms with Gasteiger partial charge in [0.05, 0.1) is 26.0 Å². The number of nitrogens with one attached hydrogen (secondary N) is 1. The number of amides is 1. The third-order valence-corrected chi connectivity index (χ3v) is 4.56. The average molecular weight is 339 g/mol. The molecule has 0 bridgehead atoms. The molecule has 0 fully saturated rings. The molecule has 3 nitrogen and oxygen atoms in total. The van der Waals surface area contributed by atoms with Crippen LogP contribution in [-0.2, 0) is 0 Å². The molecule has 0 radical (unpaired) electrons. The summed E-state index contributed by atoms with van der Waals surface area (Å²) in [6.07, 6.45) is 0. The Morgan fingerprint density at radius 2 is 2.21 bits per heavy atom. The Morgan fingerprint density at radius 1 is 1.47 bits per heavy atom. The summed E-state index contributed by atoms with van der Waals surface area (Å²) in [5.41, 5.74) is 1.23. The summed E-state index contributed by atoms with van der Waals surface area (Å²) in [4.78, 5) is 12.4. The highest BCUT2D eigenvalue weighted by atomic mass is 79.9. The van der Waals surface area contributed by atoms with E-state index in [9.17, 15) is 9.18 Å². The highest BCUT2D eigenvalue weighted by molar-refractivity contribution is 9.11. The van der Waals surface area contributed by atoms with Crippen molar-refractivity contribution >= 4 is 38.9 Å². The second-order valence-corrected chi connectivity index (χ2v) is 6.20. The third-order valence-electron chi connectivity index (χ3n) is 2.43. The quantitative estimate of drug-likeness (QED) is 0.896. The van der Waals surface area contributed by atoms with Crippen LogP contribution >= 0.6 is 27.3 Å². The molecule has 6 heteroatoms. The minimum absolute atomic E-state index is 0.0613. The van der Waals surface area contributed by atoms with Gasteiger partial charge in [0.15, 0.2) is 0 Å². The molecule has 0 aliphatic rings. The summed E-state index contributed by atoms with van der Waals surface area (Å²) in [5, 5.41) is 11.1. The normalized spacial score (nSPS) is 10.0. The minimum atomic E-state index is -0.625. The molecule has 19 heavy (non-hydrogen) atoms. The smallest absolute Gasteiger partial charge is 0.265 e. The monoisotopic (exact) mass is 338 g/mol. The van der Waals surface area contributed by atoms with Crippen LogP contribution in [0.5, 0.6) is 0 Å². The fourth-order valence-electron chi connectivity index (χ4n) is 1.44. The second-order valence-electron chi connectivity index (χ2n) is 3.83. The highest BCUT2D eigenvalue weighted by Gasteiger charge is 2.13. The maximum atomic E-state index is 13.6. The van der Waals surface area contributed by atoms with Crippen LogP contribution in [0.25, 0.3) is 0 Å². The molecule has 1 heterocycles. The van der Waals surface area contributed by atoms with Crippen molar-refractivity contribution in [3.63, 3.8) is 0 Å². The first-order valence-electron chi connectivity index (χ1n) is 5.28. The summed E-state index contributed by atoms with van der Waals surface area (Å²) < 4.78 is 14.5. The molecule has 0 aliphatic heterocycles. The number of rotatable bonds is 2. The van der Waals surface area contributed by atoms with E-state index in [0.717, 1.165) is 15.4 Å². The summed E-state index contributed by atoms with van der Waals surface area (Å²) in [6.45, 7) is 1.87. The van der Waals surface area contributed by atoms with Crippen LogP contribution in [0.15, 0.2) is 28.1 Å². The maximum Gasteiger partial charge on any atom is 0.265 e. The van der Waals surface area contributed by atoms with E-state index in [1.54, 1.807) is 6.07 Å². The van der Waals surface area contributed by atoms with Crippen molar-refractivity contribution in [2.24, 2.45) is 0 Å². The van der Waals surface area contributed by atoms with Gasteiger partial charge in [-0.3, -0.25) is 4.79 Å². The van der Waals surface area contributed by atoms with Gasteiger partial charge in [-0.05, 0) is 52.7 Å². The standard InChI is InChI=1S/C13H8BrFN2OS/c1-7-4-11(19-12(7)14)13(18)17-10-3-2-8(6-16)5-9(10)15/h2-5H,1H3,(H,17,18). The van der Waals surface area contributed by atoms with E-state index >= 15 is 0 Å². The summed E-state index contributed by atoms with van der Waals surface area (Å²) >= 11 is 4.62. The number of halogens is 2. The minimum Gasteiger partial charge on any atom is -0.319 e. The number of carbonyl (C=O) groups excluding carboxylic acids is 1. The molecule has 0 saturated heterocycles. The van der Waals surface area contributed by atoms with Gasteiger partial charge in [-0.2, -0.15) is 5.26 Å². The Balaban J connectivity index is 2.22. The molecule has 1 aromatic carbocycles. The molecule has 2 rings (SSSR count). The van der Waals surface area contributed by atoms with E-state index < -0.39 is 5.82 Å². The zero-order valence-corrected chi connectivity index (χ0v) is 12.2. The van der Waals surface area contributed by atoms with Crippen molar-refractivity contribution in [1.82, 2.24) is 0 Å². The Morgan fingerprint density at radius 3 is 2.74 bits per heavy atom. The molecule has 0 atom stereocenters. The van der Waals surface area contributed by atoms with Crippen molar-refractivity contribution in [3.05, 3.63) is 49.9 Å². The van der Waals surface area contributed by atoms with Gasteiger partial charge >= 0.3 is 0 Å². The van der Waals surface area contributed by atoms with Crippen LogP contribution < -0.4 is 5.32 Å². The number of benzene rings is 1. The highest BCUT2D eigenvalue weighted by Crippen LogP contribution is 2.28. The predicted octanol–water partition coefficient (Wildman–Crippen LogP) is 4.08. The fourth-order valence-corrected chi connectivity index (χ4v) is 2.87. The van der Waals surface area contributed by atoms with Crippen molar-refractivity contribution in [1.29, 1.82) is 5.26 Å². The number of thiophene rings is 1. The Bertz CT molecular complexity index is 671. The van der Waals surface area contributed by atoms with E-state index in [-0.39, 0.29) is 17.2 Å². The Labute approximate surface area is 121 Å². The van der Waals surface area contributed by atoms with Crippen molar-refractivity contribution < 1.29 is 9.18 Å². The molecular weight excluding hydrogens is 331 g/mol. The van der Waals surface area contributed by atoms with Gasteiger partial charge in [-0.25, -0.2) is 4.39 Å². The van der Waals surface area contributed by atoms with Crippen LogP contribution in [0.2, 0.25) is 0 Å². The van der Waals surface area contributed by atoms with Crippen LogP contribution in [-0.4, -0.2) is 5.91 Å². The van der Waals surface area contributed by atoms with Gasteiger partial charge in [0.2, 0.25) is 0 Å². The van der Waals surface area contributed by atoms with Gasteiger partial charge in [-0.15, -0.1) is 11.3 Å². The number of hydrogen-bond donors (Lipinski definition) is 1. The lowest BCUT2D eigenvalue weighted by atomic mass is 10.2. The zero-order chi connectivity index (χ0) is 14.0. The van der Waals surface area contributed by atoms with E-state index in [4.69, 9.17) is 5.26 Å². The molecule has 1 amide bonds. The van der Waals surface area contributed by atoms with Crippen LogP contribution in [0.3, 0.4) is 0 Å². The summed E-state index contributed by atoms with van der Waals surface area (Å²) in [6, 6.07) is 7.48. The SMILES string of the molecule is Cc1cc(C(=O)Nc2ccc(C#N)cc2F)sc1Br. The Kier molecular flexibility index (Phi) is 3.98. The topological polar surface area (TPSA) is 52.9 Å². The van der Waals surface area contributed by atoms with Crippen molar-refractivity contribution in [2.45, 2.75) is 6.92 Å². The first-order valence-corrected chi connectivity index (χ1v) is 6.89. The molecule has 0 unspecified atom stereocenters. The van der Waals surface area contributed by atoms with Crippen molar-refractivity contribution in [2.75, 3.05) is 5.32 Å². The molecule has 0 spiro atoms. The molecule has 0 saturated carbocycles. The van der Waals surface area contributed by atoms with Crippen LogP contribution in [0.4, 0.5) is 10.1 Å². The number of nitrogens with zero attached hydrogens (tertiary/aromatic N) is 1. The molecule has 2 aromatic rings. The Hall–Kier alpha value is -1.71. The first-order chi connectivity index (χ1) is 9.01. The summed E-state index contributed by atoms with van der Waals surface area (Å²) in [5.74, 6) is -0.998. The second kappa shape index (κ2) is 5.51. The lowest BCUT2D eigenvalue weighted by molar-refractivity contribution is 0.103. The molecule has 0 aliphatic carbocycles. The van der Waals surface area contributed by atoms with Crippen molar-refractivity contribution in [3.8, 4) is 6.07 Å². The van der Waals surface area contributed by atoms with E-state index in [1.165, 1.54) is 23.5 Å². The number of anilines is 1. The molecule has 1 N–H and O–H groups in total. The van der Waals surface area contributed by atoms with Gasteiger partial charge in [-0.1, -0.05) is 0 Å². The maximum absolute atomic E-state index is 13.6. The van der Waals surface area contributed by atoms with Gasteiger partial charge in [0.1, 0.15) is 5.82 Å². The first kappa shape index (κ1) is 13.7. The lowest BCUT2D eigenvalue weighted by Gasteiger charge is -2.04. The van der Waals surface area contributed by atoms with E-state index in [0.29, 0.717) is 4.88 Å². The van der Waals surface area contributed by atoms with Crippen LogP contribution in [0, 0.1) is 24.1 Å². The number of aryl methyl sites for hydroxylation is 1. The molecular formula is C13H8BrFN2OS. The van der Waals surface area contributed by atoms with E-state index in [2.05, 4.69) is 21.2 Å². The van der Waals surface area contributed by atoms with Crippen LogP contribution in [0.1, 0.15) is 20.8 Å². The number of hydrogen-bond acceptors (Lipinski definition) is 3. The fraction of sp³-hybridized carbons (Fsp3) is 0.0769. The van der Waals surface area contributed by atoms with Gasteiger partial charge in [0.25, 0.3) is 5.91 Å². The predicted molar refractivity (Wildman–Crippen MR) is 75.8 cm³/mol. The average Bonchev–Trinajstić information content (AvgIpc) is 2.72. The van der Waals surface area contributed by atoms with E-state index in [1.807, 2.05) is 13.0 Å². The number of carbonyl (C=O) groups is 1. The molecule has 1 aromatic heterocycles. The van der Waals surface area contributed by atoms with Gasteiger partial charge < -0.3 is 5.32 Å². The summed E-state index contributed by atoms with van der Waals surface area (Å²) in [7, 11) is 0. The largest absolute Gasteiger partial charge is 0.319 e.